The van der Waals surface area contributed by atoms with Gasteiger partial charge in [0.25, 0.3) is 0 Å². The minimum absolute atomic E-state index is 0.119. The molecule has 2 rings (SSSR count). The Morgan fingerprint density at radius 3 is 2.95 bits per heavy atom. The second kappa shape index (κ2) is 7.17. The summed E-state index contributed by atoms with van der Waals surface area (Å²) in [6.45, 7) is 7.22. The summed E-state index contributed by atoms with van der Waals surface area (Å²) in [7, 11) is -3.54. The van der Waals surface area contributed by atoms with E-state index in [9.17, 15) is 8.42 Å². The minimum atomic E-state index is -3.54. The molecular weight excluding hydrogens is 312 g/mol. The molecule has 1 saturated heterocycles. The van der Waals surface area contributed by atoms with Crippen molar-refractivity contribution in [1.29, 1.82) is 0 Å². The quantitative estimate of drug-likeness (QED) is 0.794. The van der Waals surface area contributed by atoms with Crippen LogP contribution in [0.3, 0.4) is 0 Å². The van der Waals surface area contributed by atoms with Gasteiger partial charge in [0.1, 0.15) is 4.21 Å². The summed E-state index contributed by atoms with van der Waals surface area (Å²) in [6.07, 6.45) is -0.119. The highest BCUT2D eigenvalue weighted by molar-refractivity contribution is 7.91. The molecule has 0 aliphatic carbocycles. The molecule has 1 aromatic heterocycles. The Hall–Kier alpha value is -0.510. The first-order chi connectivity index (χ1) is 9.96. The number of ether oxygens (including phenoxy) is 1. The lowest BCUT2D eigenvalue weighted by Crippen LogP contribution is -2.47. The van der Waals surface area contributed by atoms with Gasteiger partial charge in [-0.1, -0.05) is 6.92 Å². The number of aryl methyl sites for hydroxylation is 1. The van der Waals surface area contributed by atoms with Crippen LogP contribution in [0.25, 0.3) is 0 Å². The Morgan fingerprint density at radius 2 is 2.33 bits per heavy atom. The van der Waals surface area contributed by atoms with E-state index in [1.54, 1.807) is 13.0 Å². The van der Waals surface area contributed by atoms with Crippen molar-refractivity contribution in [2.75, 3.05) is 32.8 Å². The molecule has 1 aromatic rings. The Morgan fingerprint density at radius 1 is 1.57 bits per heavy atom. The first-order valence-corrected chi connectivity index (χ1v) is 9.30. The van der Waals surface area contributed by atoms with Crippen molar-refractivity contribution in [3.05, 3.63) is 16.5 Å². The number of rotatable bonds is 6. The number of hydrogen-bond donors (Lipinski definition) is 2. The highest BCUT2D eigenvalue weighted by atomic mass is 32.2. The highest BCUT2D eigenvalue weighted by Crippen LogP contribution is 2.25. The van der Waals surface area contributed by atoms with Gasteiger partial charge in [-0.2, -0.15) is 0 Å². The molecule has 0 amide bonds. The Bertz CT molecular complexity index is 571. The molecule has 8 heteroatoms. The molecule has 0 spiro atoms. The average Bonchev–Trinajstić information content (AvgIpc) is 2.87. The number of aliphatic hydroxyl groups is 1. The van der Waals surface area contributed by atoms with Gasteiger partial charge in [0.2, 0.25) is 10.0 Å². The number of likely N-dealkylation sites (N-methyl/N-ethyl adjacent to an activating group) is 1. The number of sulfonamides is 1. The standard InChI is InChI=1S/C13H22N2O4S2/c1-3-15-4-5-19-11(8-15)7-14-21(17,18)13-6-10(2)12(9-16)20-13/h6,11,14,16H,3-5,7-9H2,1-2H3. The average molecular weight is 334 g/mol. The van der Waals surface area contributed by atoms with Crippen LogP contribution in [0.2, 0.25) is 0 Å². The molecule has 1 atom stereocenters. The third-order valence-corrected chi connectivity index (χ3v) is 6.70. The van der Waals surface area contributed by atoms with E-state index in [0.717, 1.165) is 36.5 Å². The summed E-state index contributed by atoms with van der Waals surface area (Å²) in [6, 6.07) is 1.60. The van der Waals surface area contributed by atoms with E-state index in [4.69, 9.17) is 9.84 Å². The second-order valence-corrected chi connectivity index (χ2v) is 8.20. The summed E-state index contributed by atoms with van der Waals surface area (Å²) in [5.74, 6) is 0. The van der Waals surface area contributed by atoms with E-state index in [2.05, 4.69) is 16.5 Å². The number of nitrogens with one attached hydrogen (secondary N) is 1. The van der Waals surface area contributed by atoms with Gasteiger partial charge in [0.15, 0.2) is 0 Å². The normalized spacial score (nSPS) is 20.8. The van der Waals surface area contributed by atoms with Crippen LogP contribution in [-0.2, 0) is 21.4 Å². The second-order valence-electron chi connectivity index (χ2n) is 5.07. The van der Waals surface area contributed by atoms with Gasteiger partial charge in [-0.05, 0) is 25.1 Å². The fourth-order valence-corrected chi connectivity index (χ4v) is 4.80. The van der Waals surface area contributed by atoms with Crippen molar-refractivity contribution in [3.63, 3.8) is 0 Å². The van der Waals surface area contributed by atoms with Crippen LogP contribution >= 0.6 is 11.3 Å². The van der Waals surface area contributed by atoms with Gasteiger partial charge < -0.3 is 9.84 Å². The van der Waals surface area contributed by atoms with E-state index in [1.807, 2.05) is 0 Å². The molecule has 0 bridgehead atoms. The van der Waals surface area contributed by atoms with Crippen LogP contribution in [0.15, 0.2) is 10.3 Å². The maximum Gasteiger partial charge on any atom is 0.250 e. The lowest BCUT2D eigenvalue weighted by molar-refractivity contribution is -0.0229. The molecule has 2 heterocycles. The van der Waals surface area contributed by atoms with E-state index in [-0.39, 0.29) is 23.5 Å². The molecule has 1 aliphatic heterocycles. The van der Waals surface area contributed by atoms with E-state index >= 15 is 0 Å². The van der Waals surface area contributed by atoms with E-state index < -0.39 is 10.0 Å². The fraction of sp³-hybridized carbons (Fsp3) is 0.692. The number of thiophene rings is 1. The third-order valence-electron chi connectivity index (χ3n) is 3.58. The van der Waals surface area contributed by atoms with Gasteiger partial charge >= 0.3 is 0 Å². The zero-order valence-corrected chi connectivity index (χ0v) is 14.0. The Kier molecular flexibility index (Phi) is 5.75. The molecule has 1 unspecified atom stereocenters. The van der Waals surface area contributed by atoms with Crippen LogP contribution in [0, 0.1) is 6.92 Å². The van der Waals surface area contributed by atoms with Crippen molar-refractivity contribution in [2.24, 2.45) is 0 Å². The predicted octanol–water partition coefficient (Wildman–Crippen LogP) is 0.548. The van der Waals surface area contributed by atoms with E-state index in [1.165, 1.54) is 0 Å². The number of nitrogens with zero attached hydrogens (tertiary/aromatic N) is 1. The number of aliphatic hydroxyl groups excluding tert-OH is 1. The molecule has 1 aliphatic rings. The van der Waals surface area contributed by atoms with Crippen LogP contribution in [0.4, 0.5) is 0 Å². The largest absolute Gasteiger partial charge is 0.391 e. The van der Waals surface area contributed by atoms with E-state index in [0.29, 0.717) is 11.5 Å². The molecule has 21 heavy (non-hydrogen) atoms. The summed E-state index contributed by atoms with van der Waals surface area (Å²) >= 11 is 1.11. The summed E-state index contributed by atoms with van der Waals surface area (Å²) in [5.41, 5.74) is 0.800. The molecular formula is C13H22N2O4S2. The van der Waals surface area contributed by atoms with Gasteiger partial charge in [0.05, 0.1) is 19.3 Å². The first kappa shape index (κ1) is 16.9. The molecule has 120 valence electrons. The zero-order chi connectivity index (χ0) is 15.5. The SMILES string of the molecule is CCN1CCOC(CNS(=O)(=O)c2cc(C)c(CO)s2)C1. The Balaban J connectivity index is 1.97. The number of hydrogen-bond acceptors (Lipinski definition) is 6. The van der Waals surface area contributed by atoms with Gasteiger partial charge in [-0.25, -0.2) is 13.1 Å². The van der Waals surface area contributed by atoms with Crippen molar-refractivity contribution >= 4 is 21.4 Å². The lowest BCUT2D eigenvalue weighted by atomic mass is 10.3. The van der Waals surface area contributed by atoms with Crippen molar-refractivity contribution in [1.82, 2.24) is 9.62 Å². The maximum atomic E-state index is 12.3. The van der Waals surface area contributed by atoms with Gasteiger partial charge in [0, 0.05) is 24.5 Å². The van der Waals surface area contributed by atoms with Gasteiger partial charge in [-0.15, -0.1) is 11.3 Å². The fourth-order valence-electron chi connectivity index (χ4n) is 2.24. The van der Waals surface area contributed by atoms with Crippen LogP contribution in [0.1, 0.15) is 17.4 Å². The monoisotopic (exact) mass is 334 g/mol. The third kappa shape index (κ3) is 4.24. The minimum Gasteiger partial charge on any atom is -0.391 e. The summed E-state index contributed by atoms with van der Waals surface area (Å²) in [4.78, 5) is 2.92. The Labute approximate surface area is 129 Å². The van der Waals surface area contributed by atoms with Crippen molar-refractivity contribution < 1.29 is 18.3 Å². The summed E-state index contributed by atoms with van der Waals surface area (Å²) in [5, 5.41) is 9.16. The molecule has 1 fully saturated rings. The topological polar surface area (TPSA) is 78.9 Å². The highest BCUT2D eigenvalue weighted by Gasteiger charge is 2.23. The van der Waals surface area contributed by atoms with Crippen LogP contribution in [-0.4, -0.2) is 57.3 Å². The van der Waals surface area contributed by atoms with Crippen molar-refractivity contribution in [2.45, 2.75) is 30.8 Å². The van der Waals surface area contributed by atoms with Gasteiger partial charge in [-0.3, -0.25) is 4.90 Å². The maximum absolute atomic E-state index is 12.3. The summed E-state index contributed by atoms with van der Waals surface area (Å²) < 4.78 is 32.9. The zero-order valence-electron chi connectivity index (χ0n) is 12.3. The lowest BCUT2D eigenvalue weighted by Gasteiger charge is -2.32. The molecule has 6 nitrogen and oxygen atoms in total. The van der Waals surface area contributed by atoms with Crippen LogP contribution in [0.5, 0.6) is 0 Å². The van der Waals surface area contributed by atoms with Crippen LogP contribution < -0.4 is 4.72 Å². The molecule has 0 radical (unpaired) electrons. The number of morpholine rings is 1. The smallest absolute Gasteiger partial charge is 0.250 e. The molecule has 0 aromatic carbocycles. The predicted molar refractivity (Wildman–Crippen MR) is 82.0 cm³/mol. The molecule has 0 saturated carbocycles. The first-order valence-electron chi connectivity index (χ1n) is 7.00. The van der Waals surface area contributed by atoms with Crippen molar-refractivity contribution in [3.8, 4) is 0 Å². The molecule has 2 N–H and O–H groups in total.